The van der Waals surface area contributed by atoms with Gasteiger partial charge in [0.05, 0.1) is 5.39 Å². The second-order valence-electron chi connectivity index (χ2n) is 4.40. The van der Waals surface area contributed by atoms with Gasteiger partial charge in [-0.1, -0.05) is 11.2 Å². The molecule has 0 aliphatic heterocycles. The predicted molar refractivity (Wildman–Crippen MR) is 54.1 cm³/mol. The van der Waals surface area contributed by atoms with Gasteiger partial charge < -0.3 is 10.3 Å². The van der Waals surface area contributed by atoms with Crippen LogP contribution in [0.4, 0.5) is 13.2 Å². The minimum Gasteiger partial charge on any atom is -0.356 e. The van der Waals surface area contributed by atoms with E-state index >= 15 is 0 Å². The number of benzene rings is 1. The molecule has 1 heterocycles. The smallest absolute Gasteiger partial charge is 0.356 e. The maximum absolute atomic E-state index is 12.6. The van der Waals surface area contributed by atoms with E-state index in [2.05, 4.69) is 9.68 Å². The summed E-state index contributed by atoms with van der Waals surface area (Å²) in [4.78, 5) is 0. The summed E-state index contributed by atoms with van der Waals surface area (Å²) < 4.78 is 42.6. The summed E-state index contributed by atoms with van der Waals surface area (Å²) in [6, 6.07) is 4.61. The normalized spacial score (nSPS) is 18.6. The second kappa shape index (κ2) is 3.01. The summed E-state index contributed by atoms with van der Waals surface area (Å²) in [6.07, 6.45) is -2.91. The van der Waals surface area contributed by atoms with Gasteiger partial charge in [-0.3, -0.25) is 0 Å². The van der Waals surface area contributed by atoms with Crippen molar-refractivity contribution in [2.45, 2.75) is 24.6 Å². The minimum atomic E-state index is -4.50. The highest BCUT2D eigenvalue weighted by Gasteiger charge is 2.42. The van der Waals surface area contributed by atoms with Gasteiger partial charge in [0.2, 0.25) is 0 Å². The zero-order valence-corrected chi connectivity index (χ0v) is 8.71. The molecule has 1 aromatic heterocycles. The molecule has 90 valence electrons. The zero-order valence-electron chi connectivity index (χ0n) is 8.71. The maximum atomic E-state index is 12.6. The third-order valence-corrected chi connectivity index (χ3v) is 3.10. The summed E-state index contributed by atoms with van der Waals surface area (Å²) in [6.45, 7) is 0. The summed E-state index contributed by atoms with van der Waals surface area (Å²) in [5.41, 5.74) is 5.34. The van der Waals surface area contributed by atoms with Crippen LogP contribution in [-0.4, -0.2) is 5.16 Å². The van der Waals surface area contributed by atoms with Gasteiger partial charge in [0.15, 0.2) is 11.3 Å². The molecular formula is C11H9F3N2O. The quantitative estimate of drug-likeness (QED) is 0.836. The molecule has 0 bridgehead atoms. The number of hydrogen-bond acceptors (Lipinski definition) is 3. The van der Waals surface area contributed by atoms with E-state index in [1.807, 2.05) is 0 Å². The lowest BCUT2D eigenvalue weighted by molar-refractivity contribution is -0.141. The minimum absolute atomic E-state index is 0.0216. The van der Waals surface area contributed by atoms with Crippen LogP contribution in [0.2, 0.25) is 0 Å². The van der Waals surface area contributed by atoms with Crippen LogP contribution in [0, 0.1) is 0 Å². The Balaban J connectivity index is 2.20. The first-order valence-electron chi connectivity index (χ1n) is 5.16. The van der Waals surface area contributed by atoms with Crippen LogP contribution in [0.15, 0.2) is 22.7 Å². The number of rotatable bonds is 1. The van der Waals surface area contributed by atoms with E-state index in [0.717, 1.165) is 12.8 Å². The first-order valence-corrected chi connectivity index (χ1v) is 5.16. The van der Waals surface area contributed by atoms with E-state index in [-0.39, 0.29) is 11.0 Å². The molecule has 1 aromatic carbocycles. The van der Waals surface area contributed by atoms with Crippen LogP contribution in [0.25, 0.3) is 11.0 Å². The number of halogens is 3. The number of alkyl halides is 3. The Morgan fingerprint density at radius 2 is 2.00 bits per heavy atom. The monoisotopic (exact) mass is 242 g/mol. The van der Waals surface area contributed by atoms with E-state index in [0.29, 0.717) is 5.56 Å². The van der Waals surface area contributed by atoms with Gasteiger partial charge >= 0.3 is 6.18 Å². The van der Waals surface area contributed by atoms with Gasteiger partial charge in [-0.25, -0.2) is 0 Å². The molecule has 0 unspecified atom stereocenters. The highest BCUT2D eigenvalue weighted by atomic mass is 19.4. The average molecular weight is 242 g/mol. The van der Waals surface area contributed by atoms with E-state index in [1.54, 1.807) is 6.07 Å². The highest BCUT2D eigenvalue weighted by molar-refractivity contribution is 5.81. The summed E-state index contributed by atoms with van der Waals surface area (Å²) >= 11 is 0. The van der Waals surface area contributed by atoms with Gasteiger partial charge in [-0.05, 0) is 30.5 Å². The molecule has 1 fully saturated rings. The largest absolute Gasteiger partial charge is 0.437 e. The van der Waals surface area contributed by atoms with Crippen LogP contribution in [0.1, 0.15) is 24.1 Å². The van der Waals surface area contributed by atoms with Crippen LogP contribution < -0.4 is 5.73 Å². The van der Waals surface area contributed by atoms with Crippen LogP contribution in [-0.2, 0) is 11.7 Å². The molecule has 2 aromatic rings. The van der Waals surface area contributed by atoms with Crippen molar-refractivity contribution in [2.75, 3.05) is 0 Å². The van der Waals surface area contributed by atoms with Crippen molar-refractivity contribution < 1.29 is 17.7 Å². The lowest BCUT2D eigenvalue weighted by Crippen LogP contribution is -2.18. The van der Waals surface area contributed by atoms with Crippen LogP contribution >= 0.6 is 0 Å². The van der Waals surface area contributed by atoms with Gasteiger partial charge in [0.1, 0.15) is 0 Å². The second-order valence-corrected chi connectivity index (χ2v) is 4.40. The van der Waals surface area contributed by atoms with Gasteiger partial charge in [-0.2, -0.15) is 13.2 Å². The Bertz CT molecular complexity index is 584. The number of aromatic nitrogens is 1. The molecule has 3 rings (SSSR count). The van der Waals surface area contributed by atoms with Crippen molar-refractivity contribution >= 4 is 11.0 Å². The Hall–Kier alpha value is -1.56. The number of fused-ring (bicyclic) bond motifs is 1. The zero-order chi connectivity index (χ0) is 12.3. The Morgan fingerprint density at radius 3 is 2.59 bits per heavy atom. The van der Waals surface area contributed by atoms with Gasteiger partial charge in [0, 0.05) is 5.54 Å². The SMILES string of the molecule is NC1(c2ccc3onc(C(F)(F)F)c3c2)CC1. The fraction of sp³-hybridized carbons (Fsp3) is 0.364. The molecule has 0 amide bonds. The number of hydrogen-bond donors (Lipinski definition) is 1. The standard InChI is InChI=1S/C11H9F3N2O/c12-11(13,14)9-7-5-6(10(15)3-4-10)1-2-8(7)17-16-9/h1-2,5H,3-4,15H2. The lowest BCUT2D eigenvalue weighted by atomic mass is 10.0. The topological polar surface area (TPSA) is 52.0 Å². The third kappa shape index (κ3) is 1.59. The molecule has 1 aliphatic rings. The van der Waals surface area contributed by atoms with Crippen molar-refractivity contribution in [3.8, 4) is 0 Å². The first-order chi connectivity index (χ1) is 7.90. The third-order valence-electron chi connectivity index (χ3n) is 3.10. The average Bonchev–Trinajstić information content (AvgIpc) is 2.85. The first kappa shape index (κ1) is 10.6. The van der Waals surface area contributed by atoms with E-state index in [4.69, 9.17) is 5.73 Å². The summed E-state index contributed by atoms with van der Waals surface area (Å²) in [7, 11) is 0. The van der Waals surface area contributed by atoms with Crippen LogP contribution in [0.5, 0.6) is 0 Å². The van der Waals surface area contributed by atoms with Crippen LogP contribution in [0.3, 0.4) is 0 Å². The Labute approximate surface area is 94.4 Å². The lowest BCUT2D eigenvalue weighted by Gasteiger charge is -2.08. The van der Waals surface area contributed by atoms with Gasteiger partial charge in [-0.15, -0.1) is 0 Å². The molecule has 0 atom stereocenters. The fourth-order valence-electron chi connectivity index (χ4n) is 1.88. The van der Waals surface area contributed by atoms with Crippen molar-refractivity contribution in [1.29, 1.82) is 0 Å². The van der Waals surface area contributed by atoms with Crippen molar-refractivity contribution in [1.82, 2.24) is 5.16 Å². The predicted octanol–water partition coefficient (Wildman–Crippen LogP) is 2.79. The molecule has 0 radical (unpaired) electrons. The highest BCUT2D eigenvalue weighted by Crippen LogP contribution is 2.44. The molecule has 3 nitrogen and oxygen atoms in total. The summed E-state index contributed by atoms with van der Waals surface area (Å²) in [5, 5.41) is 3.05. The van der Waals surface area contributed by atoms with E-state index < -0.39 is 17.4 Å². The van der Waals surface area contributed by atoms with Crippen molar-refractivity contribution in [3.05, 3.63) is 29.5 Å². The maximum Gasteiger partial charge on any atom is 0.437 e. The van der Waals surface area contributed by atoms with Gasteiger partial charge in [0.25, 0.3) is 0 Å². The molecule has 6 heteroatoms. The number of nitrogens with zero attached hydrogens (tertiary/aromatic N) is 1. The van der Waals surface area contributed by atoms with E-state index in [1.165, 1.54) is 12.1 Å². The molecule has 2 N–H and O–H groups in total. The molecular weight excluding hydrogens is 233 g/mol. The van der Waals surface area contributed by atoms with Crippen molar-refractivity contribution in [3.63, 3.8) is 0 Å². The molecule has 17 heavy (non-hydrogen) atoms. The van der Waals surface area contributed by atoms with E-state index in [9.17, 15) is 13.2 Å². The van der Waals surface area contributed by atoms with Crippen molar-refractivity contribution in [2.24, 2.45) is 5.73 Å². The molecule has 0 spiro atoms. The fourth-order valence-corrected chi connectivity index (χ4v) is 1.88. The molecule has 0 saturated heterocycles. The summed E-state index contributed by atoms with van der Waals surface area (Å²) in [5.74, 6) is 0. The Kier molecular flexibility index (Phi) is 1.87. The molecule has 1 aliphatic carbocycles. The molecule has 1 saturated carbocycles. The Morgan fingerprint density at radius 1 is 1.29 bits per heavy atom. The number of nitrogens with two attached hydrogens (primary N) is 1.